The number of fused-ring (bicyclic) bond motifs is 1. The number of nitrogens with zero attached hydrogens (tertiary/aromatic N) is 1. The van der Waals surface area contributed by atoms with Crippen molar-refractivity contribution in [3.05, 3.63) is 47.0 Å². The average molecular weight is 371 g/mol. The number of amides is 1. The summed E-state index contributed by atoms with van der Waals surface area (Å²) in [5.41, 5.74) is 2.66. The first kappa shape index (κ1) is 18.9. The number of methoxy groups -OCH3 is 4. The maximum atomic E-state index is 13.4. The van der Waals surface area contributed by atoms with E-state index in [4.69, 9.17) is 18.9 Å². The molecule has 6 nitrogen and oxygen atoms in total. The summed E-state index contributed by atoms with van der Waals surface area (Å²) in [5, 5.41) is 0. The van der Waals surface area contributed by atoms with Crippen molar-refractivity contribution in [1.82, 2.24) is 4.90 Å². The fourth-order valence-corrected chi connectivity index (χ4v) is 3.55. The summed E-state index contributed by atoms with van der Waals surface area (Å²) in [6.07, 6.45) is 0.735. The monoisotopic (exact) mass is 371 g/mol. The van der Waals surface area contributed by atoms with E-state index in [0.29, 0.717) is 35.1 Å². The minimum Gasteiger partial charge on any atom is -0.496 e. The van der Waals surface area contributed by atoms with E-state index in [-0.39, 0.29) is 11.9 Å². The van der Waals surface area contributed by atoms with Crippen LogP contribution < -0.4 is 18.9 Å². The molecule has 1 atom stereocenters. The maximum absolute atomic E-state index is 13.4. The van der Waals surface area contributed by atoms with Gasteiger partial charge >= 0.3 is 0 Å². The minimum atomic E-state index is -0.114. The number of benzene rings is 2. The average Bonchev–Trinajstić information content (AvgIpc) is 2.70. The second-order valence-corrected chi connectivity index (χ2v) is 6.50. The standard InChI is InChI=1S/C21H25NO5/c1-13-9-14-10-18(26-4)19(27-5)11-15(14)12-22(13)21(23)20-16(24-2)7-6-8-17(20)25-3/h6-8,10-11,13H,9,12H2,1-5H3. The van der Waals surface area contributed by atoms with E-state index in [9.17, 15) is 4.79 Å². The van der Waals surface area contributed by atoms with Crippen molar-refractivity contribution >= 4 is 5.91 Å². The number of carbonyl (C=O) groups is 1. The van der Waals surface area contributed by atoms with E-state index in [1.165, 1.54) is 0 Å². The molecule has 1 aliphatic rings. The van der Waals surface area contributed by atoms with Crippen LogP contribution in [0.2, 0.25) is 0 Å². The third-order valence-electron chi connectivity index (χ3n) is 5.00. The fourth-order valence-electron chi connectivity index (χ4n) is 3.55. The van der Waals surface area contributed by atoms with Gasteiger partial charge < -0.3 is 23.8 Å². The molecule has 1 unspecified atom stereocenters. The first-order chi connectivity index (χ1) is 13.0. The number of ether oxygens (including phenoxy) is 4. The molecule has 0 spiro atoms. The molecule has 0 saturated carbocycles. The zero-order chi connectivity index (χ0) is 19.6. The van der Waals surface area contributed by atoms with E-state index in [0.717, 1.165) is 17.5 Å². The summed E-state index contributed by atoms with van der Waals surface area (Å²) in [7, 11) is 6.34. The lowest BCUT2D eigenvalue weighted by molar-refractivity contribution is 0.0651. The minimum absolute atomic E-state index is 0.0257. The zero-order valence-corrected chi connectivity index (χ0v) is 16.4. The van der Waals surface area contributed by atoms with E-state index < -0.39 is 0 Å². The highest BCUT2D eigenvalue weighted by atomic mass is 16.5. The molecular formula is C21H25NO5. The number of carbonyl (C=O) groups excluding carboxylic acids is 1. The van der Waals surface area contributed by atoms with Gasteiger partial charge in [0.15, 0.2) is 11.5 Å². The molecule has 0 aliphatic carbocycles. The van der Waals surface area contributed by atoms with Crippen molar-refractivity contribution in [2.75, 3.05) is 28.4 Å². The van der Waals surface area contributed by atoms with Crippen LogP contribution in [0.15, 0.2) is 30.3 Å². The molecule has 1 aliphatic heterocycles. The molecule has 27 heavy (non-hydrogen) atoms. The first-order valence-electron chi connectivity index (χ1n) is 8.79. The molecule has 2 aromatic carbocycles. The molecule has 0 saturated heterocycles. The van der Waals surface area contributed by atoms with Gasteiger partial charge in [-0.05, 0) is 48.7 Å². The van der Waals surface area contributed by atoms with Gasteiger partial charge in [-0.25, -0.2) is 0 Å². The van der Waals surface area contributed by atoms with Gasteiger partial charge in [0.05, 0.1) is 28.4 Å². The largest absolute Gasteiger partial charge is 0.496 e. The molecule has 1 heterocycles. The predicted molar refractivity (Wildman–Crippen MR) is 102 cm³/mol. The summed E-state index contributed by atoms with van der Waals surface area (Å²) < 4.78 is 21.6. The Labute approximate surface area is 159 Å². The van der Waals surface area contributed by atoms with E-state index >= 15 is 0 Å². The third-order valence-corrected chi connectivity index (χ3v) is 5.00. The van der Waals surface area contributed by atoms with Gasteiger partial charge in [0.25, 0.3) is 5.91 Å². The Bertz CT molecular complexity index is 826. The van der Waals surface area contributed by atoms with Gasteiger partial charge in [-0.2, -0.15) is 0 Å². The topological polar surface area (TPSA) is 57.2 Å². The molecule has 144 valence electrons. The molecule has 1 amide bonds. The van der Waals surface area contributed by atoms with Crippen LogP contribution in [0.5, 0.6) is 23.0 Å². The Hall–Kier alpha value is -2.89. The normalized spacial score (nSPS) is 15.7. The summed E-state index contributed by atoms with van der Waals surface area (Å²) in [4.78, 5) is 15.2. The molecule has 0 aromatic heterocycles. The summed E-state index contributed by atoms with van der Waals surface area (Å²) in [6.45, 7) is 2.52. The van der Waals surface area contributed by atoms with Crippen LogP contribution in [-0.4, -0.2) is 45.3 Å². The van der Waals surface area contributed by atoms with Gasteiger partial charge in [-0.15, -0.1) is 0 Å². The Morgan fingerprint density at radius 2 is 1.41 bits per heavy atom. The quantitative estimate of drug-likeness (QED) is 0.807. The highest BCUT2D eigenvalue weighted by Gasteiger charge is 2.32. The van der Waals surface area contributed by atoms with Crippen molar-refractivity contribution in [2.45, 2.75) is 25.9 Å². The number of hydrogen-bond donors (Lipinski definition) is 0. The highest BCUT2D eigenvalue weighted by Crippen LogP contribution is 2.37. The number of rotatable bonds is 5. The second kappa shape index (κ2) is 7.78. The summed E-state index contributed by atoms with van der Waals surface area (Å²) in [5.74, 6) is 2.26. The summed E-state index contributed by atoms with van der Waals surface area (Å²) >= 11 is 0. The first-order valence-corrected chi connectivity index (χ1v) is 8.79. The van der Waals surface area contributed by atoms with Gasteiger partial charge in [0.1, 0.15) is 17.1 Å². The Morgan fingerprint density at radius 3 is 1.93 bits per heavy atom. The predicted octanol–water partition coefficient (Wildman–Crippen LogP) is 3.31. The lowest BCUT2D eigenvalue weighted by Gasteiger charge is -2.36. The molecule has 0 radical (unpaired) electrons. The van der Waals surface area contributed by atoms with Gasteiger partial charge in [0, 0.05) is 12.6 Å². The molecular weight excluding hydrogens is 346 g/mol. The zero-order valence-electron chi connectivity index (χ0n) is 16.4. The van der Waals surface area contributed by atoms with Crippen molar-refractivity contribution in [3.63, 3.8) is 0 Å². The van der Waals surface area contributed by atoms with Gasteiger partial charge in [-0.1, -0.05) is 6.07 Å². The highest BCUT2D eigenvalue weighted by molar-refractivity contribution is 6.00. The van der Waals surface area contributed by atoms with Gasteiger partial charge in [-0.3, -0.25) is 4.79 Å². The SMILES string of the molecule is COc1cc2c(cc1OC)CN(C(=O)c1c(OC)cccc1OC)C(C)C2. The van der Waals surface area contributed by atoms with Crippen molar-refractivity contribution < 1.29 is 23.7 Å². The number of hydrogen-bond acceptors (Lipinski definition) is 5. The van der Waals surface area contributed by atoms with Crippen LogP contribution in [0.1, 0.15) is 28.4 Å². The molecule has 2 aromatic rings. The third kappa shape index (κ3) is 3.39. The Morgan fingerprint density at radius 1 is 0.889 bits per heavy atom. The summed E-state index contributed by atoms with van der Waals surface area (Å²) in [6, 6.07) is 9.31. The van der Waals surface area contributed by atoms with Crippen LogP contribution in [-0.2, 0) is 13.0 Å². The molecule has 0 fully saturated rings. The molecule has 0 N–H and O–H groups in total. The lowest BCUT2D eigenvalue weighted by Crippen LogP contribution is -2.42. The maximum Gasteiger partial charge on any atom is 0.261 e. The smallest absolute Gasteiger partial charge is 0.261 e. The van der Waals surface area contributed by atoms with Crippen LogP contribution in [0.4, 0.5) is 0 Å². The van der Waals surface area contributed by atoms with E-state index in [2.05, 4.69) is 0 Å². The van der Waals surface area contributed by atoms with Crippen LogP contribution in [0.25, 0.3) is 0 Å². The van der Waals surface area contributed by atoms with Crippen LogP contribution >= 0.6 is 0 Å². The van der Waals surface area contributed by atoms with E-state index in [1.807, 2.05) is 24.0 Å². The van der Waals surface area contributed by atoms with E-state index in [1.54, 1.807) is 46.6 Å². The van der Waals surface area contributed by atoms with Crippen molar-refractivity contribution in [1.29, 1.82) is 0 Å². The second-order valence-electron chi connectivity index (χ2n) is 6.50. The van der Waals surface area contributed by atoms with Crippen molar-refractivity contribution in [2.24, 2.45) is 0 Å². The van der Waals surface area contributed by atoms with Crippen molar-refractivity contribution in [3.8, 4) is 23.0 Å². The molecule has 3 rings (SSSR count). The molecule has 6 heteroatoms. The molecule has 0 bridgehead atoms. The Kier molecular flexibility index (Phi) is 5.44. The van der Waals surface area contributed by atoms with Crippen LogP contribution in [0.3, 0.4) is 0 Å². The Balaban J connectivity index is 1.99. The fraction of sp³-hybridized carbons (Fsp3) is 0.381. The lowest BCUT2D eigenvalue weighted by atomic mass is 9.93. The van der Waals surface area contributed by atoms with Crippen LogP contribution in [0, 0.1) is 0 Å². The van der Waals surface area contributed by atoms with Gasteiger partial charge in [0.2, 0.25) is 0 Å².